The van der Waals surface area contributed by atoms with E-state index in [4.69, 9.17) is 0 Å². The Kier molecular flexibility index (Phi) is 5.51. The van der Waals surface area contributed by atoms with Gasteiger partial charge in [0.2, 0.25) is 0 Å². The molecule has 1 rings (SSSR count). The van der Waals surface area contributed by atoms with Crippen LogP contribution >= 0.6 is 23.5 Å². The van der Waals surface area contributed by atoms with Gasteiger partial charge in [-0.15, -0.1) is 23.5 Å². The highest BCUT2D eigenvalue weighted by Gasteiger charge is 2.20. The molecule has 0 aromatic heterocycles. The third-order valence-corrected chi connectivity index (χ3v) is 4.34. The summed E-state index contributed by atoms with van der Waals surface area (Å²) in [5.74, 6) is -0.380. The molecule has 0 spiro atoms. The first-order valence-electron chi connectivity index (χ1n) is 5.04. The van der Waals surface area contributed by atoms with Gasteiger partial charge in [-0.25, -0.2) is 0 Å². The maximum atomic E-state index is 12.2. The Labute approximate surface area is 110 Å². The van der Waals surface area contributed by atoms with E-state index in [0.717, 1.165) is 4.24 Å². The summed E-state index contributed by atoms with van der Waals surface area (Å²) in [6, 6.07) is 8.89. The molecule has 0 amide bonds. The zero-order valence-corrected chi connectivity index (χ0v) is 11.7. The largest absolute Gasteiger partial charge is 0.294 e. The van der Waals surface area contributed by atoms with Crippen molar-refractivity contribution < 1.29 is 9.59 Å². The molecular formula is C13H14O2S2. The zero-order chi connectivity index (χ0) is 12.8. The van der Waals surface area contributed by atoms with Gasteiger partial charge < -0.3 is 0 Å². The SMILES string of the molecule is CSC(SC)=C(C(C)=O)C(=O)c1ccccc1. The number of carbonyl (C=O) groups is 2. The molecule has 0 aliphatic rings. The van der Waals surface area contributed by atoms with Gasteiger partial charge in [-0.3, -0.25) is 9.59 Å². The second-order valence-corrected chi connectivity index (χ2v) is 5.21. The lowest BCUT2D eigenvalue weighted by Gasteiger charge is -2.08. The van der Waals surface area contributed by atoms with E-state index >= 15 is 0 Å². The standard InChI is InChI=1S/C13H14O2S2/c1-9(14)11(13(16-2)17-3)12(15)10-7-5-4-6-8-10/h4-8H,1-3H3. The van der Waals surface area contributed by atoms with Gasteiger partial charge in [-0.2, -0.15) is 0 Å². The number of ketones is 2. The van der Waals surface area contributed by atoms with E-state index in [1.807, 2.05) is 18.6 Å². The molecule has 0 aliphatic heterocycles. The molecule has 0 fully saturated rings. The number of allylic oxidation sites excluding steroid dienone is 1. The van der Waals surface area contributed by atoms with Crippen molar-refractivity contribution in [2.75, 3.05) is 12.5 Å². The Morgan fingerprint density at radius 1 is 1.00 bits per heavy atom. The molecule has 0 saturated heterocycles. The summed E-state index contributed by atoms with van der Waals surface area (Å²) in [6.07, 6.45) is 3.74. The predicted molar refractivity (Wildman–Crippen MR) is 75.5 cm³/mol. The van der Waals surface area contributed by atoms with Crippen molar-refractivity contribution in [1.29, 1.82) is 0 Å². The molecule has 2 nitrogen and oxygen atoms in total. The molecule has 0 unspecified atom stereocenters. The van der Waals surface area contributed by atoms with Gasteiger partial charge in [-0.05, 0) is 19.4 Å². The topological polar surface area (TPSA) is 34.1 Å². The lowest BCUT2D eigenvalue weighted by atomic mass is 10.0. The van der Waals surface area contributed by atoms with Crippen LogP contribution in [0.25, 0.3) is 0 Å². The van der Waals surface area contributed by atoms with E-state index in [9.17, 15) is 9.59 Å². The molecule has 0 aliphatic carbocycles. The number of benzene rings is 1. The van der Waals surface area contributed by atoms with Crippen LogP contribution in [-0.2, 0) is 4.79 Å². The monoisotopic (exact) mass is 266 g/mol. The maximum absolute atomic E-state index is 12.2. The molecule has 0 N–H and O–H groups in total. The Hall–Kier alpha value is -1.00. The van der Waals surface area contributed by atoms with Crippen LogP contribution in [0, 0.1) is 0 Å². The Morgan fingerprint density at radius 3 is 1.94 bits per heavy atom. The van der Waals surface area contributed by atoms with Gasteiger partial charge in [0, 0.05) is 5.56 Å². The average Bonchev–Trinajstić information content (AvgIpc) is 2.35. The number of rotatable bonds is 5. The van der Waals surface area contributed by atoms with Crippen molar-refractivity contribution >= 4 is 35.1 Å². The minimum atomic E-state index is -0.197. The van der Waals surface area contributed by atoms with E-state index in [0.29, 0.717) is 5.56 Å². The van der Waals surface area contributed by atoms with E-state index in [1.165, 1.54) is 30.4 Å². The van der Waals surface area contributed by atoms with Gasteiger partial charge >= 0.3 is 0 Å². The van der Waals surface area contributed by atoms with Crippen LogP contribution in [0.2, 0.25) is 0 Å². The maximum Gasteiger partial charge on any atom is 0.198 e. The van der Waals surface area contributed by atoms with Crippen LogP contribution in [0.15, 0.2) is 40.1 Å². The number of Topliss-reactive ketones (excluding diaryl/α,β-unsaturated/α-hetero) is 2. The first kappa shape index (κ1) is 14.1. The number of hydrogen-bond acceptors (Lipinski definition) is 4. The number of thioether (sulfide) groups is 2. The van der Waals surface area contributed by atoms with Gasteiger partial charge in [0.05, 0.1) is 9.81 Å². The number of hydrogen-bond donors (Lipinski definition) is 0. The van der Waals surface area contributed by atoms with Crippen LogP contribution in [-0.4, -0.2) is 24.1 Å². The third kappa shape index (κ3) is 3.48. The predicted octanol–water partition coefficient (Wildman–Crippen LogP) is 3.40. The molecule has 17 heavy (non-hydrogen) atoms. The minimum Gasteiger partial charge on any atom is -0.294 e. The van der Waals surface area contributed by atoms with Crippen LogP contribution in [0.4, 0.5) is 0 Å². The first-order chi connectivity index (χ1) is 8.11. The summed E-state index contributed by atoms with van der Waals surface area (Å²) in [4.78, 5) is 23.9. The third-order valence-electron chi connectivity index (χ3n) is 2.19. The molecule has 1 aromatic carbocycles. The smallest absolute Gasteiger partial charge is 0.198 e. The van der Waals surface area contributed by atoms with E-state index < -0.39 is 0 Å². The fourth-order valence-electron chi connectivity index (χ4n) is 1.42. The van der Waals surface area contributed by atoms with E-state index in [-0.39, 0.29) is 17.1 Å². The lowest BCUT2D eigenvalue weighted by Crippen LogP contribution is -2.12. The summed E-state index contributed by atoms with van der Waals surface area (Å²) in [6.45, 7) is 1.43. The first-order valence-corrected chi connectivity index (χ1v) is 7.49. The minimum absolute atomic E-state index is 0.183. The fraction of sp³-hybridized carbons (Fsp3) is 0.231. The van der Waals surface area contributed by atoms with Crippen LogP contribution < -0.4 is 0 Å². The van der Waals surface area contributed by atoms with Crippen molar-refractivity contribution in [2.45, 2.75) is 6.92 Å². The second kappa shape index (κ2) is 6.67. The van der Waals surface area contributed by atoms with Crippen molar-refractivity contribution in [3.63, 3.8) is 0 Å². The zero-order valence-electron chi connectivity index (χ0n) is 10.0. The summed E-state index contributed by atoms with van der Waals surface area (Å²) in [7, 11) is 0. The Balaban J connectivity index is 3.23. The summed E-state index contributed by atoms with van der Waals surface area (Å²) in [5.41, 5.74) is 0.842. The molecule has 1 aromatic rings. The average molecular weight is 266 g/mol. The van der Waals surface area contributed by atoms with Gasteiger partial charge in [0.15, 0.2) is 11.6 Å². The van der Waals surface area contributed by atoms with E-state index in [2.05, 4.69) is 0 Å². The van der Waals surface area contributed by atoms with Crippen molar-refractivity contribution in [2.24, 2.45) is 0 Å². The normalized spacial score (nSPS) is 9.82. The quantitative estimate of drug-likeness (QED) is 0.354. The molecule has 0 radical (unpaired) electrons. The molecule has 0 heterocycles. The molecular weight excluding hydrogens is 252 g/mol. The highest BCUT2D eigenvalue weighted by molar-refractivity contribution is 8.21. The van der Waals surface area contributed by atoms with Crippen molar-refractivity contribution in [3.05, 3.63) is 45.7 Å². The van der Waals surface area contributed by atoms with Crippen LogP contribution in [0.1, 0.15) is 17.3 Å². The molecule has 4 heteroatoms. The second-order valence-electron chi connectivity index (χ2n) is 3.32. The number of carbonyl (C=O) groups excluding carboxylic acids is 2. The Bertz CT molecular complexity index is 444. The highest BCUT2D eigenvalue weighted by atomic mass is 32.2. The summed E-state index contributed by atoms with van der Waals surface area (Å²) < 4.78 is 0.770. The molecule has 90 valence electrons. The highest BCUT2D eigenvalue weighted by Crippen LogP contribution is 2.29. The van der Waals surface area contributed by atoms with E-state index in [1.54, 1.807) is 24.3 Å². The molecule has 0 bridgehead atoms. The van der Waals surface area contributed by atoms with Gasteiger partial charge in [-0.1, -0.05) is 30.3 Å². The van der Waals surface area contributed by atoms with Crippen molar-refractivity contribution in [3.8, 4) is 0 Å². The van der Waals surface area contributed by atoms with Gasteiger partial charge in [0.1, 0.15) is 0 Å². The summed E-state index contributed by atoms with van der Waals surface area (Å²) in [5, 5.41) is 0. The van der Waals surface area contributed by atoms with Crippen LogP contribution in [0.5, 0.6) is 0 Å². The van der Waals surface area contributed by atoms with Gasteiger partial charge in [0.25, 0.3) is 0 Å². The molecule has 0 saturated carbocycles. The summed E-state index contributed by atoms with van der Waals surface area (Å²) >= 11 is 2.86. The van der Waals surface area contributed by atoms with Crippen LogP contribution in [0.3, 0.4) is 0 Å². The van der Waals surface area contributed by atoms with Crippen molar-refractivity contribution in [1.82, 2.24) is 0 Å². The lowest BCUT2D eigenvalue weighted by molar-refractivity contribution is -0.113. The fourth-order valence-corrected chi connectivity index (χ4v) is 2.97. The Morgan fingerprint density at radius 2 is 1.53 bits per heavy atom. The molecule has 0 atom stereocenters.